The summed E-state index contributed by atoms with van der Waals surface area (Å²) in [5.74, 6) is -1.37. The predicted molar refractivity (Wildman–Crippen MR) is 77.9 cm³/mol. The van der Waals surface area contributed by atoms with Crippen molar-refractivity contribution in [2.45, 2.75) is 24.7 Å². The summed E-state index contributed by atoms with van der Waals surface area (Å²) in [6.07, 6.45) is 1.75. The Bertz CT molecular complexity index is 607. The van der Waals surface area contributed by atoms with E-state index in [-0.39, 0.29) is 29.7 Å². The van der Waals surface area contributed by atoms with Gasteiger partial charge in [-0.25, -0.2) is 8.42 Å². The molecular weight excluding hydrogens is 294 g/mol. The molecule has 21 heavy (non-hydrogen) atoms. The Labute approximate surface area is 124 Å². The van der Waals surface area contributed by atoms with Gasteiger partial charge in [0.2, 0.25) is 0 Å². The van der Waals surface area contributed by atoms with Gasteiger partial charge >= 0.3 is 5.97 Å². The quantitative estimate of drug-likeness (QED) is 0.790. The molecule has 0 spiro atoms. The number of carboxylic acids is 1. The summed E-state index contributed by atoms with van der Waals surface area (Å²) in [5.41, 5.74) is 0.340. The topological polar surface area (TPSA) is 101 Å². The SMILES string of the molecule is CCC(CNC(=O)c1ccc(S(C)(=O)=O)cc1)CC(=O)O. The molecule has 0 saturated carbocycles. The summed E-state index contributed by atoms with van der Waals surface area (Å²) in [6.45, 7) is 2.14. The highest BCUT2D eigenvalue weighted by Gasteiger charge is 2.14. The maximum atomic E-state index is 11.9. The molecule has 0 radical (unpaired) electrons. The first-order chi connectivity index (χ1) is 9.74. The van der Waals surface area contributed by atoms with Crippen molar-refractivity contribution in [2.75, 3.05) is 12.8 Å². The Morgan fingerprint density at radius 1 is 1.24 bits per heavy atom. The Morgan fingerprint density at radius 2 is 1.81 bits per heavy atom. The number of carbonyl (C=O) groups excluding carboxylic acids is 1. The summed E-state index contributed by atoms with van der Waals surface area (Å²) in [7, 11) is -3.29. The molecule has 0 aromatic heterocycles. The van der Waals surface area contributed by atoms with Gasteiger partial charge in [-0.2, -0.15) is 0 Å². The van der Waals surface area contributed by atoms with Crippen LogP contribution in [0, 0.1) is 5.92 Å². The lowest BCUT2D eigenvalue weighted by Gasteiger charge is -2.13. The van der Waals surface area contributed by atoms with E-state index >= 15 is 0 Å². The van der Waals surface area contributed by atoms with Crippen LogP contribution < -0.4 is 5.32 Å². The molecule has 1 aromatic rings. The third kappa shape index (κ3) is 5.55. The van der Waals surface area contributed by atoms with Crippen molar-refractivity contribution in [1.29, 1.82) is 0 Å². The van der Waals surface area contributed by atoms with Gasteiger partial charge in [0.25, 0.3) is 5.91 Å². The number of carbonyl (C=O) groups is 2. The van der Waals surface area contributed by atoms with E-state index in [1.54, 1.807) is 0 Å². The van der Waals surface area contributed by atoms with Gasteiger partial charge in [0.05, 0.1) is 4.90 Å². The molecule has 1 amide bonds. The Morgan fingerprint density at radius 3 is 2.24 bits per heavy atom. The molecule has 0 bridgehead atoms. The lowest BCUT2D eigenvalue weighted by Crippen LogP contribution is -2.30. The summed E-state index contributed by atoms with van der Waals surface area (Å²) in [4.78, 5) is 22.7. The predicted octanol–water partition coefficient (Wildman–Crippen LogP) is 1.32. The van der Waals surface area contributed by atoms with E-state index in [2.05, 4.69) is 5.32 Å². The minimum absolute atomic E-state index is 0.00377. The average molecular weight is 313 g/mol. The number of carboxylic acid groups (broad SMARTS) is 1. The van der Waals surface area contributed by atoms with E-state index in [0.29, 0.717) is 12.0 Å². The van der Waals surface area contributed by atoms with Crippen molar-refractivity contribution >= 4 is 21.7 Å². The maximum absolute atomic E-state index is 11.9. The molecule has 2 N–H and O–H groups in total. The van der Waals surface area contributed by atoms with Crippen LogP contribution in [0.2, 0.25) is 0 Å². The average Bonchev–Trinajstić information content (AvgIpc) is 2.41. The number of benzene rings is 1. The first-order valence-electron chi connectivity index (χ1n) is 6.54. The van der Waals surface area contributed by atoms with E-state index in [1.807, 2.05) is 6.92 Å². The highest BCUT2D eigenvalue weighted by Crippen LogP contribution is 2.11. The molecule has 0 fully saturated rings. The monoisotopic (exact) mass is 313 g/mol. The molecule has 0 saturated heterocycles. The van der Waals surface area contributed by atoms with Crippen molar-refractivity contribution in [1.82, 2.24) is 5.32 Å². The van der Waals surface area contributed by atoms with Crippen LogP contribution in [0.5, 0.6) is 0 Å². The van der Waals surface area contributed by atoms with E-state index in [9.17, 15) is 18.0 Å². The van der Waals surface area contributed by atoms with Crippen LogP contribution in [-0.4, -0.2) is 38.2 Å². The van der Waals surface area contributed by atoms with Gasteiger partial charge in [-0.05, 0) is 30.2 Å². The van der Waals surface area contributed by atoms with Crippen molar-refractivity contribution in [3.63, 3.8) is 0 Å². The number of nitrogens with one attached hydrogen (secondary N) is 1. The zero-order valence-electron chi connectivity index (χ0n) is 12.0. The van der Waals surface area contributed by atoms with E-state index in [1.165, 1.54) is 24.3 Å². The van der Waals surface area contributed by atoms with E-state index in [4.69, 9.17) is 5.11 Å². The van der Waals surface area contributed by atoms with Crippen molar-refractivity contribution in [3.8, 4) is 0 Å². The summed E-state index contributed by atoms with van der Waals surface area (Å²) < 4.78 is 22.6. The fourth-order valence-electron chi connectivity index (χ4n) is 1.80. The van der Waals surface area contributed by atoms with Crippen LogP contribution in [0.1, 0.15) is 30.1 Å². The van der Waals surface area contributed by atoms with Gasteiger partial charge in [-0.15, -0.1) is 0 Å². The molecule has 1 unspecified atom stereocenters. The molecule has 6 nitrogen and oxygen atoms in total. The number of hydrogen-bond acceptors (Lipinski definition) is 4. The minimum Gasteiger partial charge on any atom is -0.481 e. The van der Waals surface area contributed by atoms with Gasteiger partial charge in [-0.3, -0.25) is 9.59 Å². The highest BCUT2D eigenvalue weighted by atomic mass is 32.2. The zero-order valence-corrected chi connectivity index (χ0v) is 12.8. The van der Waals surface area contributed by atoms with Crippen LogP contribution in [0.3, 0.4) is 0 Å². The maximum Gasteiger partial charge on any atom is 0.303 e. The number of hydrogen-bond donors (Lipinski definition) is 2. The van der Waals surface area contributed by atoms with Crippen LogP contribution in [-0.2, 0) is 14.6 Å². The van der Waals surface area contributed by atoms with Gasteiger partial charge in [0.15, 0.2) is 9.84 Å². The highest BCUT2D eigenvalue weighted by molar-refractivity contribution is 7.90. The number of rotatable bonds is 7. The Hall–Kier alpha value is -1.89. The number of sulfone groups is 1. The Balaban J connectivity index is 2.66. The fourth-order valence-corrected chi connectivity index (χ4v) is 2.43. The van der Waals surface area contributed by atoms with Crippen LogP contribution in [0.25, 0.3) is 0 Å². The summed E-state index contributed by atoms with van der Waals surface area (Å²) in [6, 6.07) is 5.62. The van der Waals surface area contributed by atoms with Crippen LogP contribution in [0.15, 0.2) is 29.2 Å². The molecule has 0 heterocycles. The molecule has 116 valence electrons. The molecule has 1 rings (SSSR count). The minimum atomic E-state index is -3.29. The van der Waals surface area contributed by atoms with Gasteiger partial charge in [0.1, 0.15) is 0 Å². The zero-order chi connectivity index (χ0) is 16.0. The first-order valence-corrected chi connectivity index (χ1v) is 8.43. The first kappa shape index (κ1) is 17.2. The molecule has 0 aliphatic heterocycles. The summed E-state index contributed by atoms with van der Waals surface area (Å²) in [5, 5.41) is 11.4. The fraction of sp³-hybridized carbons (Fsp3) is 0.429. The second kappa shape index (κ2) is 7.21. The second-order valence-corrected chi connectivity index (χ2v) is 6.89. The lowest BCUT2D eigenvalue weighted by molar-refractivity contribution is -0.138. The van der Waals surface area contributed by atoms with Crippen molar-refractivity contribution < 1.29 is 23.1 Å². The number of aliphatic carboxylic acids is 1. The molecule has 1 aromatic carbocycles. The molecule has 1 atom stereocenters. The van der Waals surface area contributed by atoms with Crippen molar-refractivity contribution in [2.24, 2.45) is 5.92 Å². The molecular formula is C14H19NO5S. The third-order valence-corrected chi connectivity index (χ3v) is 4.27. The second-order valence-electron chi connectivity index (χ2n) is 4.88. The molecule has 7 heteroatoms. The lowest BCUT2D eigenvalue weighted by atomic mass is 10.0. The third-order valence-electron chi connectivity index (χ3n) is 3.14. The smallest absolute Gasteiger partial charge is 0.303 e. The molecule has 0 aliphatic rings. The van der Waals surface area contributed by atoms with Crippen LogP contribution >= 0.6 is 0 Å². The van der Waals surface area contributed by atoms with Gasteiger partial charge in [-0.1, -0.05) is 13.3 Å². The normalized spacial score (nSPS) is 12.7. The van der Waals surface area contributed by atoms with Gasteiger partial charge in [0, 0.05) is 24.8 Å². The van der Waals surface area contributed by atoms with Crippen LogP contribution in [0.4, 0.5) is 0 Å². The van der Waals surface area contributed by atoms with Crippen molar-refractivity contribution in [3.05, 3.63) is 29.8 Å². The molecule has 0 aliphatic carbocycles. The standard InChI is InChI=1S/C14H19NO5S/c1-3-10(8-13(16)17)9-15-14(18)11-4-6-12(7-5-11)21(2,19)20/h4-7,10H,3,8-9H2,1-2H3,(H,15,18)(H,16,17). The Kier molecular flexibility index (Phi) is 5.90. The van der Waals surface area contributed by atoms with E-state index < -0.39 is 15.8 Å². The van der Waals surface area contributed by atoms with Gasteiger partial charge < -0.3 is 10.4 Å². The number of amides is 1. The summed E-state index contributed by atoms with van der Waals surface area (Å²) >= 11 is 0. The van der Waals surface area contributed by atoms with E-state index in [0.717, 1.165) is 6.26 Å². The largest absolute Gasteiger partial charge is 0.481 e.